The Hall–Kier alpha value is -1.79. The van der Waals surface area contributed by atoms with Crippen molar-refractivity contribution >= 4 is 29.9 Å². The standard InChI is InChI=1S/C22H32N2O3S/c1-17(2)16-20(21(25)23-24-14-7-8-15-28-24)19(22(26)27-3)13-9-12-18-10-5-4-6-11-18/h4-6,9-12,17,19-20H,7-8,13-16H2,1-3H3,(H,23,25)/b12-9+/t19-,20+/m0/s1. The second-order valence-electron chi connectivity index (χ2n) is 7.53. The van der Waals surface area contributed by atoms with Gasteiger partial charge in [-0.2, -0.15) is 4.41 Å². The Balaban J connectivity index is 2.12. The highest BCUT2D eigenvalue weighted by atomic mass is 32.2. The molecule has 154 valence electrons. The SMILES string of the molecule is COC(=O)[C@@H](C/C=C/c1ccccc1)[C@@H](CC(C)C)C(=O)NN1CCCCS1. The van der Waals surface area contributed by atoms with Crippen LogP contribution >= 0.6 is 11.9 Å². The summed E-state index contributed by atoms with van der Waals surface area (Å²) in [7, 11) is 1.39. The molecule has 0 bridgehead atoms. The van der Waals surface area contributed by atoms with Crippen molar-refractivity contribution in [3.05, 3.63) is 42.0 Å². The lowest BCUT2D eigenvalue weighted by molar-refractivity contribution is -0.151. The second kappa shape index (κ2) is 11.9. The largest absolute Gasteiger partial charge is 0.469 e. The Bertz CT molecular complexity index is 642. The highest BCUT2D eigenvalue weighted by molar-refractivity contribution is 7.97. The number of hydrazine groups is 1. The van der Waals surface area contributed by atoms with Gasteiger partial charge in [-0.1, -0.05) is 68.3 Å². The zero-order chi connectivity index (χ0) is 20.4. The summed E-state index contributed by atoms with van der Waals surface area (Å²) in [5.41, 5.74) is 4.09. The normalized spacial score (nSPS) is 17.4. The lowest BCUT2D eigenvalue weighted by Gasteiger charge is -2.30. The predicted molar refractivity (Wildman–Crippen MR) is 115 cm³/mol. The zero-order valence-electron chi connectivity index (χ0n) is 17.1. The summed E-state index contributed by atoms with van der Waals surface area (Å²) in [6, 6.07) is 9.94. The van der Waals surface area contributed by atoms with Crippen LogP contribution in [0.3, 0.4) is 0 Å². The average Bonchev–Trinajstić information content (AvgIpc) is 2.70. The van der Waals surface area contributed by atoms with Crippen molar-refractivity contribution in [2.45, 2.75) is 39.5 Å². The van der Waals surface area contributed by atoms with Crippen LogP contribution < -0.4 is 5.43 Å². The third-order valence-corrected chi connectivity index (χ3v) is 5.85. The van der Waals surface area contributed by atoms with Gasteiger partial charge in [0.25, 0.3) is 0 Å². The summed E-state index contributed by atoms with van der Waals surface area (Å²) >= 11 is 1.64. The molecule has 1 N–H and O–H groups in total. The van der Waals surface area contributed by atoms with Gasteiger partial charge in [0, 0.05) is 12.3 Å². The molecule has 0 saturated carbocycles. The van der Waals surface area contributed by atoms with Crippen LogP contribution in [0.5, 0.6) is 0 Å². The number of carbonyl (C=O) groups is 2. The topological polar surface area (TPSA) is 58.6 Å². The molecule has 1 fully saturated rings. The molecule has 2 atom stereocenters. The van der Waals surface area contributed by atoms with E-state index in [0.717, 1.165) is 24.3 Å². The lowest BCUT2D eigenvalue weighted by atomic mass is 9.82. The zero-order valence-corrected chi connectivity index (χ0v) is 17.9. The van der Waals surface area contributed by atoms with Gasteiger partial charge in [0.15, 0.2) is 0 Å². The van der Waals surface area contributed by atoms with Crippen LogP contribution in [0.15, 0.2) is 36.4 Å². The molecule has 0 aromatic heterocycles. The number of nitrogens with one attached hydrogen (secondary N) is 1. The van der Waals surface area contributed by atoms with E-state index in [9.17, 15) is 9.59 Å². The number of esters is 1. The van der Waals surface area contributed by atoms with Crippen LogP contribution in [0.25, 0.3) is 6.08 Å². The summed E-state index contributed by atoms with van der Waals surface area (Å²) in [4.78, 5) is 25.6. The number of allylic oxidation sites excluding steroid dienone is 1. The van der Waals surface area contributed by atoms with E-state index in [-0.39, 0.29) is 11.9 Å². The molecule has 0 unspecified atom stereocenters. The number of nitrogens with zero attached hydrogens (tertiary/aromatic N) is 1. The molecule has 6 heteroatoms. The summed E-state index contributed by atoms with van der Waals surface area (Å²) in [6.45, 7) is 4.98. The Kier molecular flexibility index (Phi) is 9.58. The Morgan fingerprint density at radius 2 is 1.96 bits per heavy atom. The molecule has 1 saturated heterocycles. The average molecular weight is 405 g/mol. The molecule has 0 aliphatic carbocycles. The predicted octanol–water partition coefficient (Wildman–Crippen LogP) is 4.32. The molecule has 1 heterocycles. The number of carbonyl (C=O) groups excluding carboxylic acids is 2. The van der Waals surface area contributed by atoms with Gasteiger partial charge >= 0.3 is 5.97 Å². The van der Waals surface area contributed by atoms with Crippen LogP contribution in [0.1, 0.15) is 45.1 Å². The molecule has 0 spiro atoms. The van der Waals surface area contributed by atoms with Crippen molar-refractivity contribution in [2.75, 3.05) is 19.4 Å². The monoisotopic (exact) mass is 404 g/mol. The third-order valence-electron chi connectivity index (χ3n) is 4.79. The number of ether oxygens (including phenoxy) is 1. The Morgan fingerprint density at radius 3 is 2.57 bits per heavy atom. The van der Waals surface area contributed by atoms with Gasteiger partial charge in [-0.25, -0.2) is 0 Å². The van der Waals surface area contributed by atoms with E-state index < -0.39 is 11.8 Å². The fraction of sp³-hybridized carbons (Fsp3) is 0.545. The second-order valence-corrected chi connectivity index (χ2v) is 8.64. The van der Waals surface area contributed by atoms with Gasteiger partial charge in [0.05, 0.1) is 18.9 Å². The highest BCUT2D eigenvalue weighted by Gasteiger charge is 2.35. The van der Waals surface area contributed by atoms with Crippen molar-refractivity contribution in [3.63, 3.8) is 0 Å². The van der Waals surface area contributed by atoms with Crippen molar-refractivity contribution in [3.8, 4) is 0 Å². The first kappa shape index (κ1) is 22.5. The van der Waals surface area contributed by atoms with E-state index in [1.165, 1.54) is 13.5 Å². The number of amides is 1. The number of rotatable bonds is 9. The molecule has 28 heavy (non-hydrogen) atoms. The number of hydrogen-bond acceptors (Lipinski definition) is 5. The fourth-order valence-corrected chi connectivity index (χ4v) is 4.31. The van der Waals surface area contributed by atoms with Gasteiger partial charge in [0.1, 0.15) is 0 Å². The smallest absolute Gasteiger partial charge is 0.309 e. The van der Waals surface area contributed by atoms with Crippen molar-refractivity contribution in [1.29, 1.82) is 0 Å². The quantitative estimate of drug-likeness (QED) is 0.491. The van der Waals surface area contributed by atoms with E-state index in [2.05, 4.69) is 19.3 Å². The Labute approximate surface area is 173 Å². The third kappa shape index (κ3) is 7.32. The fourth-order valence-electron chi connectivity index (χ4n) is 3.34. The minimum absolute atomic E-state index is 0.0911. The Morgan fingerprint density at radius 1 is 1.21 bits per heavy atom. The minimum atomic E-state index is -0.498. The maximum Gasteiger partial charge on any atom is 0.309 e. The van der Waals surface area contributed by atoms with Gasteiger partial charge in [-0.05, 0) is 37.2 Å². The summed E-state index contributed by atoms with van der Waals surface area (Å²) in [6.07, 6.45) is 7.31. The van der Waals surface area contributed by atoms with Crippen LogP contribution in [0, 0.1) is 17.8 Å². The van der Waals surface area contributed by atoms with E-state index in [1.807, 2.05) is 46.9 Å². The molecule has 1 aromatic rings. The number of methoxy groups -OCH3 is 1. The van der Waals surface area contributed by atoms with Crippen molar-refractivity contribution in [1.82, 2.24) is 9.84 Å². The van der Waals surface area contributed by atoms with Gasteiger partial charge in [-0.3, -0.25) is 15.0 Å². The first-order valence-corrected chi connectivity index (χ1v) is 11.0. The van der Waals surface area contributed by atoms with E-state index in [4.69, 9.17) is 4.74 Å². The maximum absolute atomic E-state index is 13.0. The molecule has 5 nitrogen and oxygen atoms in total. The van der Waals surface area contributed by atoms with Crippen LogP contribution in [-0.4, -0.2) is 35.7 Å². The van der Waals surface area contributed by atoms with Crippen molar-refractivity contribution in [2.24, 2.45) is 17.8 Å². The molecular formula is C22H32N2O3S. The van der Waals surface area contributed by atoms with Crippen LogP contribution in [-0.2, 0) is 14.3 Å². The van der Waals surface area contributed by atoms with Crippen molar-refractivity contribution < 1.29 is 14.3 Å². The van der Waals surface area contributed by atoms with E-state index >= 15 is 0 Å². The first-order valence-electron chi connectivity index (χ1n) is 10.0. The molecule has 1 aliphatic rings. The first-order chi connectivity index (χ1) is 13.5. The van der Waals surface area contributed by atoms with E-state index in [0.29, 0.717) is 18.8 Å². The minimum Gasteiger partial charge on any atom is -0.469 e. The molecule has 2 rings (SSSR count). The van der Waals surface area contributed by atoms with Gasteiger partial charge < -0.3 is 4.74 Å². The van der Waals surface area contributed by atoms with Gasteiger partial charge in [0.2, 0.25) is 5.91 Å². The summed E-state index contributed by atoms with van der Waals surface area (Å²) in [5, 5.41) is 0. The maximum atomic E-state index is 13.0. The highest BCUT2D eigenvalue weighted by Crippen LogP contribution is 2.27. The van der Waals surface area contributed by atoms with E-state index in [1.54, 1.807) is 11.9 Å². The van der Waals surface area contributed by atoms with Crippen LogP contribution in [0.4, 0.5) is 0 Å². The molecule has 1 aliphatic heterocycles. The molecular weight excluding hydrogens is 372 g/mol. The molecule has 0 radical (unpaired) electrons. The lowest BCUT2D eigenvalue weighted by Crippen LogP contribution is -2.46. The van der Waals surface area contributed by atoms with Crippen LogP contribution in [0.2, 0.25) is 0 Å². The summed E-state index contributed by atoms with van der Waals surface area (Å²) < 4.78 is 6.96. The number of hydrogen-bond donors (Lipinski definition) is 1. The van der Waals surface area contributed by atoms with Gasteiger partial charge in [-0.15, -0.1) is 0 Å². The molecule has 1 amide bonds. The number of benzene rings is 1. The summed E-state index contributed by atoms with van der Waals surface area (Å²) in [5.74, 6) is -0.0287. The molecule has 1 aromatic carbocycles.